The van der Waals surface area contributed by atoms with Crippen LogP contribution in [0.15, 0.2) is 22.9 Å². The van der Waals surface area contributed by atoms with Gasteiger partial charge in [0.1, 0.15) is 10.9 Å². The number of halogens is 2. The van der Waals surface area contributed by atoms with Gasteiger partial charge in [-0.2, -0.15) is 0 Å². The quantitative estimate of drug-likeness (QED) is 0.740. The molecule has 0 atom stereocenters. The number of aromatic nitrogens is 2. The van der Waals surface area contributed by atoms with Crippen LogP contribution in [0.1, 0.15) is 0 Å². The van der Waals surface area contributed by atoms with Gasteiger partial charge >= 0.3 is 0 Å². The first-order valence-electron chi connectivity index (χ1n) is 3.47. The molecular formula is C8H4BrClN2O. The Hall–Kier alpha value is -0.870. The van der Waals surface area contributed by atoms with E-state index < -0.39 is 0 Å². The summed E-state index contributed by atoms with van der Waals surface area (Å²) in [6, 6.07) is 1.57. The molecule has 0 aliphatic rings. The largest absolute Gasteiger partial charge is 0.506 e. The van der Waals surface area contributed by atoms with E-state index in [1.807, 2.05) is 0 Å². The van der Waals surface area contributed by atoms with Gasteiger partial charge in [0, 0.05) is 11.6 Å². The molecule has 0 saturated carbocycles. The zero-order valence-electron chi connectivity index (χ0n) is 6.33. The normalized spacial score (nSPS) is 10.6. The highest BCUT2D eigenvalue weighted by Crippen LogP contribution is 2.31. The molecule has 2 heterocycles. The van der Waals surface area contributed by atoms with Crippen molar-refractivity contribution < 1.29 is 5.11 Å². The van der Waals surface area contributed by atoms with Gasteiger partial charge < -0.3 is 5.11 Å². The predicted octanol–water partition coefficient (Wildman–Crippen LogP) is 2.75. The molecule has 0 amide bonds. The fourth-order valence-electron chi connectivity index (χ4n) is 1.03. The lowest BCUT2D eigenvalue weighted by Crippen LogP contribution is -1.83. The van der Waals surface area contributed by atoms with Crippen LogP contribution in [0.3, 0.4) is 0 Å². The minimum absolute atomic E-state index is 0.134. The smallest absolute Gasteiger partial charge is 0.140 e. The van der Waals surface area contributed by atoms with Gasteiger partial charge in [-0.25, -0.2) is 4.98 Å². The van der Waals surface area contributed by atoms with Crippen LogP contribution in [0.2, 0.25) is 5.15 Å². The van der Waals surface area contributed by atoms with Crippen molar-refractivity contribution in [3.05, 3.63) is 28.1 Å². The number of pyridine rings is 2. The van der Waals surface area contributed by atoms with Gasteiger partial charge in [-0.15, -0.1) is 0 Å². The molecule has 2 rings (SSSR count). The molecule has 0 aliphatic heterocycles. The Morgan fingerprint density at radius 1 is 1.31 bits per heavy atom. The van der Waals surface area contributed by atoms with Crippen molar-refractivity contribution in [2.45, 2.75) is 0 Å². The van der Waals surface area contributed by atoms with E-state index >= 15 is 0 Å². The minimum Gasteiger partial charge on any atom is -0.506 e. The van der Waals surface area contributed by atoms with Gasteiger partial charge in [-0.1, -0.05) is 11.6 Å². The second-order valence-electron chi connectivity index (χ2n) is 2.48. The molecule has 2 aromatic heterocycles. The summed E-state index contributed by atoms with van der Waals surface area (Å²) in [6.45, 7) is 0. The lowest BCUT2D eigenvalue weighted by Gasteiger charge is -2.01. The standard InChI is InChI=1S/C8H4BrClN2O/c9-5-2-11-6-3-12-7(10)1-4(6)8(5)13/h1-3H,(H,11,13). The van der Waals surface area contributed by atoms with E-state index in [0.29, 0.717) is 20.5 Å². The van der Waals surface area contributed by atoms with Gasteiger partial charge in [0.15, 0.2) is 0 Å². The van der Waals surface area contributed by atoms with E-state index in [0.717, 1.165) is 0 Å². The summed E-state index contributed by atoms with van der Waals surface area (Å²) in [5.41, 5.74) is 0.616. The molecule has 0 unspecified atom stereocenters. The number of hydrogen-bond donors (Lipinski definition) is 1. The fraction of sp³-hybridized carbons (Fsp3) is 0. The van der Waals surface area contributed by atoms with Crippen molar-refractivity contribution in [1.82, 2.24) is 9.97 Å². The molecule has 66 valence electrons. The average Bonchev–Trinajstić information content (AvgIpc) is 2.12. The Balaban J connectivity index is 2.89. The molecule has 3 nitrogen and oxygen atoms in total. The molecule has 0 saturated heterocycles. The van der Waals surface area contributed by atoms with Crippen molar-refractivity contribution in [2.75, 3.05) is 0 Å². The molecule has 13 heavy (non-hydrogen) atoms. The Bertz CT molecular complexity index is 470. The first kappa shape index (κ1) is 8.72. The zero-order chi connectivity index (χ0) is 9.42. The van der Waals surface area contributed by atoms with Crippen LogP contribution < -0.4 is 0 Å². The molecule has 1 N–H and O–H groups in total. The van der Waals surface area contributed by atoms with Crippen molar-refractivity contribution >= 4 is 38.4 Å². The molecular weight excluding hydrogens is 255 g/mol. The summed E-state index contributed by atoms with van der Waals surface area (Å²) in [7, 11) is 0. The average molecular weight is 259 g/mol. The number of fused-ring (bicyclic) bond motifs is 1. The van der Waals surface area contributed by atoms with Crippen LogP contribution in [-0.2, 0) is 0 Å². The second-order valence-corrected chi connectivity index (χ2v) is 3.72. The third-order valence-electron chi connectivity index (χ3n) is 1.65. The monoisotopic (exact) mass is 258 g/mol. The van der Waals surface area contributed by atoms with Crippen LogP contribution >= 0.6 is 27.5 Å². The molecule has 0 fully saturated rings. The van der Waals surface area contributed by atoms with Crippen LogP contribution in [0.25, 0.3) is 10.9 Å². The van der Waals surface area contributed by atoms with Crippen molar-refractivity contribution in [1.29, 1.82) is 0 Å². The van der Waals surface area contributed by atoms with E-state index in [2.05, 4.69) is 25.9 Å². The number of nitrogens with zero attached hydrogens (tertiary/aromatic N) is 2. The first-order valence-corrected chi connectivity index (χ1v) is 4.64. The first-order chi connectivity index (χ1) is 6.18. The van der Waals surface area contributed by atoms with Crippen LogP contribution in [-0.4, -0.2) is 15.1 Å². The van der Waals surface area contributed by atoms with Crippen molar-refractivity contribution in [3.8, 4) is 5.75 Å². The second kappa shape index (κ2) is 3.12. The third-order valence-corrected chi connectivity index (χ3v) is 2.43. The Morgan fingerprint density at radius 2 is 2.08 bits per heavy atom. The molecule has 2 aromatic rings. The summed E-state index contributed by atoms with van der Waals surface area (Å²) < 4.78 is 0.544. The molecule has 0 radical (unpaired) electrons. The third kappa shape index (κ3) is 1.47. The highest BCUT2D eigenvalue weighted by Gasteiger charge is 2.05. The predicted molar refractivity (Wildman–Crippen MR) is 53.9 cm³/mol. The SMILES string of the molecule is Oc1c(Br)cnc2cnc(Cl)cc12. The van der Waals surface area contributed by atoms with Crippen LogP contribution in [0, 0.1) is 0 Å². The highest BCUT2D eigenvalue weighted by molar-refractivity contribution is 9.10. The summed E-state index contributed by atoms with van der Waals surface area (Å²) in [5.74, 6) is 0.134. The highest BCUT2D eigenvalue weighted by atomic mass is 79.9. The maximum atomic E-state index is 9.61. The summed E-state index contributed by atoms with van der Waals surface area (Å²) in [4.78, 5) is 7.91. The van der Waals surface area contributed by atoms with E-state index in [-0.39, 0.29) is 5.75 Å². The maximum absolute atomic E-state index is 9.61. The van der Waals surface area contributed by atoms with Gasteiger partial charge in [0.2, 0.25) is 0 Å². The summed E-state index contributed by atoms with van der Waals surface area (Å²) >= 11 is 8.84. The minimum atomic E-state index is 0.134. The molecule has 0 bridgehead atoms. The fourth-order valence-corrected chi connectivity index (χ4v) is 1.51. The number of aromatic hydroxyl groups is 1. The number of rotatable bonds is 0. The van der Waals surface area contributed by atoms with Gasteiger partial charge in [-0.3, -0.25) is 4.98 Å². The lowest BCUT2D eigenvalue weighted by molar-refractivity contribution is 0.477. The Labute approximate surface area is 87.5 Å². The molecule has 0 spiro atoms. The van der Waals surface area contributed by atoms with E-state index in [9.17, 15) is 5.11 Å². The van der Waals surface area contributed by atoms with Crippen molar-refractivity contribution in [3.63, 3.8) is 0 Å². The van der Waals surface area contributed by atoms with Gasteiger partial charge in [-0.05, 0) is 22.0 Å². The van der Waals surface area contributed by atoms with Gasteiger partial charge in [0.25, 0.3) is 0 Å². The maximum Gasteiger partial charge on any atom is 0.140 e. The van der Waals surface area contributed by atoms with Crippen molar-refractivity contribution in [2.24, 2.45) is 0 Å². The van der Waals surface area contributed by atoms with E-state index in [1.165, 1.54) is 12.4 Å². The zero-order valence-corrected chi connectivity index (χ0v) is 8.67. The topological polar surface area (TPSA) is 46.0 Å². The lowest BCUT2D eigenvalue weighted by atomic mass is 10.2. The van der Waals surface area contributed by atoms with Crippen LogP contribution in [0.5, 0.6) is 5.75 Å². The summed E-state index contributed by atoms with van der Waals surface area (Å²) in [6.07, 6.45) is 3.04. The van der Waals surface area contributed by atoms with E-state index in [4.69, 9.17) is 11.6 Å². The Morgan fingerprint density at radius 3 is 2.85 bits per heavy atom. The molecule has 0 aromatic carbocycles. The van der Waals surface area contributed by atoms with Gasteiger partial charge in [0.05, 0.1) is 16.2 Å². The van der Waals surface area contributed by atoms with Crippen LogP contribution in [0.4, 0.5) is 0 Å². The molecule has 0 aliphatic carbocycles. The number of hydrogen-bond acceptors (Lipinski definition) is 3. The van der Waals surface area contributed by atoms with E-state index in [1.54, 1.807) is 6.07 Å². The Kier molecular flexibility index (Phi) is 2.09. The molecule has 5 heteroatoms. The summed E-state index contributed by atoms with van der Waals surface area (Å²) in [5, 5.41) is 10.5.